The van der Waals surface area contributed by atoms with Gasteiger partial charge in [0.25, 0.3) is 15.6 Å². The number of fused-ring (bicyclic) bond motifs is 1. The fourth-order valence-corrected chi connectivity index (χ4v) is 6.09. The largest absolute Gasteiger partial charge is 0.443 e. The lowest BCUT2D eigenvalue weighted by Gasteiger charge is -2.22. The van der Waals surface area contributed by atoms with Crippen molar-refractivity contribution >= 4 is 26.9 Å². The van der Waals surface area contributed by atoms with Gasteiger partial charge < -0.3 is 9.73 Å². The summed E-state index contributed by atoms with van der Waals surface area (Å²) in [6.07, 6.45) is -2.42. The van der Waals surface area contributed by atoms with Crippen LogP contribution in [0.4, 0.5) is 17.6 Å². The molecule has 0 radical (unpaired) electrons. The summed E-state index contributed by atoms with van der Waals surface area (Å²) in [4.78, 5) is 25.3. The average molecular weight is 564 g/mol. The van der Waals surface area contributed by atoms with Gasteiger partial charge in [-0.15, -0.1) is 0 Å². The van der Waals surface area contributed by atoms with E-state index in [0.29, 0.717) is 12.0 Å². The fourth-order valence-electron chi connectivity index (χ4n) is 4.48. The van der Waals surface area contributed by atoms with Crippen molar-refractivity contribution in [1.29, 1.82) is 0 Å². The van der Waals surface area contributed by atoms with Crippen LogP contribution in [0.25, 0.3) is 16.7 Å². The number of alkyl halides is 3. The highest BCUT2D eigenvalue weighted by Gasteiger charge is 2.41. The number of furan rings is 1. The van der Waals surface area contributed by atoms with Crippen LogP contribution in [0, 0.1) is 5.82 Å². The molecule has 1 atom stereocenters. The van der Waals surface area contributed by atoms with E-state index in [1.165, 1.54) is 42.6 Å². The first-order chi connectivity index (χ1) is 18.4. The van der Waals surface area contributed by atoms with E-state index in [2.05, 4.69) is 5.32 Å². The number of amides is 1. The van der Waals surface area contributed by atoms with Gasteiger partial charge in [0.2, 0.25) is 11.0 Å². The molecule has 2 aromatic carbocycles. The number of halogens is 4. The predicted molar refractivity (Wildman–Crippen MR) is 132 cm³/mol. The molecule has 1 N–H and O–H groups in total. The molecule has 1 amide bonds. The predicted octanol–water partition coefficient (Wildman–Crippen LogP) is 4.21. The van der Waals surface area contributed by atoms with E-state index >= 15 is 0 Å². The van der Waals surface area contributed by atoms with Gasteiger partial charge in [-0.1, -0.05) is 6.07 Å². The summed E-state index contributed by atoms with van der Waals surface area (Å²) in [6, 6.07) is 10.6. The zero-order chi connectivity index (χ0) is 27.9. The molecule has 8 nitrogen and oxygen atoms in total. The SMILES string of the molecule is O=C(NCc1ccc(=O)n(-c2ccc(C(F)(F)F)cc2)c1)[C@@H]1CCCN1S(=O)(=O)c1cc2cc(F)ccc2o1. The van der Waals surface area contributed by atoms with E-state index in [1.54, 1.807) is 0 Å². The molecule has 204 valence electrons. The summed E-state index contributed by atoms with van der Waals surface area (Å²) in [7, 11) is -4.20. The summed E-state index contributed by atoms with van der Waals surface area (Å²) >= 11 is 0. The molecular weight excluding hydrogens is 542 g/mol. The Kier molecular flexibility index (Phi) is 6.81. The molecule has 0 saturated carbocycles. The number of pyridine rings is 1. The van der Waals surface area contributed by atoms with Crippen molar-refractivity contribution in [2.45, 2.75) is 36.7 Å². The van der Waals surface area contributed by atoms with Crippen molar-refractivity contribution in [2.24, 2.45) is 0 Å². The van der Waals surface area contributed by atoms with E-state index in [-0.39, 0.29) is 36.2 Å². The fraction of sp³-hybridized carbons (Fsp3) is 0.231. The Hall–Kier alpha value is -3.97. The smallest absolute Gasteiger partial charge is 0.416 e. The molecule has 3 heterocycles. The van der Waals surface area contributed by atoms with Crippen LogP contribution in [0.5, 0.6) is 0 Å². The van der Waals surface area contributed by atoms with Gasteiger partial charge in [-0.2, -0.15) is 17.5 Å². The van der Waals surface area contributed by atoms with Gasteiger partial charge in [-0.05, 0) is 60.9 Å². The number of benzene rings is 2. The van der Waals surface area contributed by atoms with Gasteiger partial charge in [0.15, 0.2) is 0 Å². The van der Waals surface area contributed by atoms with Crippen LogP contribution in [0.15, 0.2) is 81.2 Å². The number of carbonyl (C=O) groups is 1. The Morgan fingerprint density at radius 1 is 1.05 bits per heavy atom. The number of nitrogens with zero attached hydrogens (tertiary/aromatic N) is 2. The molecule has 2 aromatic heterocycles. The third-order valence-electron chi connectivity index (χ3n) is 6.44. The van der Waals surface area contributed by atoms with Gasteiger partial charge in [-0.25, -0.2) is 12.8 Å². The molecule has 1 aliphatic heterocycles. The second kappa shape index (κ2) is 9.97. The summed E-state index contributed by atoms with van der Waals surface area (Å²) in [6.45, 7) is 0.0265. The molecule has 0 bridgehead atoms. The Labute approximate surface area is 219 Å². The molecule has 0 spiro atoms. The quantitative estimate of drug-likeness (QED) is 0.354. The lowest BCUT2D eigenvalue weighted by Crippen LogP contribution is -2.45. The van der Waals surface area contributed by atoms with E-state index < -0.39 is 50.2 Å². The molecule has 1 fully saturated rings. The van der Waals surface area contributed by atoms with Gasteiger partial charge in [0, 0.05) is 42.5 Å². The van der Waals surface area contributed by atoms with Gasteiger partial charge in [-0.3, -0.25) is 14.2 Å². The number of hydrogen-bond donors (Lipinski definition) is 1. The topological polar surface area (TPSA) is 102 Å². The minimum atomic E-state index is -4.51. The van der Waals surface area contributed by atoms with Crippen LogP contribution >= 0.6 is 0 Å². The molecule has 5 rings (SSSR count). The minimum Gasteiger partial charge on any atom is -0.443 e. The number of carbonyl (C=O) groups excluding carboxylic acids is 1. The number of hydrogen-bond acceptors (Lipinski definition) is 5. The Morgan fingerprint density at radius 2 is 1.79 bits per heavy atom. The van der Waals surface area contributed by atoms with Crippen molar-refractivity contribution in [3.63, 3.8) is 0 Å². The second-order valence-corrected chi connectivity index (χ2v) is 10.9. The Balaban J connectivity index is 1.31. The van der Waals surface area contributed by atoms with Crippen molar-refractivity contribution in [3.05, 3.63) is 94.2 Å². The summed E-state index contributed by atoms with van der Waals surface area (Å²) in [5.74, 6) is -1.11. The summed E-state index contributed by atoms with van der Waals surface area (Å²) in [5.41, 5.74) is -0.468. The maximum Gasteiger partial charge on any atom is 0.416 e. The third-order valence-corrected chi connectivity index (χ3v) is 8.20. The standard InChI is InChI=1S/C26H21F4N3O5S/c27-19-6-9-22-17(12-19)13-24(38-22)39(36,37)33-11-1-2-21(33)25(35)31-14-16-3-10-23(34)32(15-16)20-7-4-18(5-8-20)26(28,29)30/h3-10,12-13,15,21H,1-2,11,14H2,(H,31,35)/t21-/m0/s1. The first-order valence-electron chi connectivity index (χ1n) is 11.8. The number of sulfonamides is 1. The van der Waals surface area contributed by atoms with E-state index in [9.17, 15) is 35.6 Å². The second-order valence-electron chi connectivity index (χ2n) is 9.03. The lowest BCUT2D eigenvalue weighted by atomic mass is 10.2. The molecule has 39 heavy (non-hydrogen) atoms. The van der Waals surface area contributed by atoms with Crippen LogP contribution in [-0.4, -0.2) is 35.8 Å². The number of aromatic nitrogens is 1. The number of rotatable bonds is 6. The van der Waals surface area contributed by atoms with Crippen molar-refractivity contribution in [1.82, 2.24) is 14.2 Å². The zero-order valence-electron chi connectivity index (χ0n) is 20.1. The third kappa shape index (κ3) is 5.32. The summed E-state index contributed by atoms with van der Waals surface area (Å²) < 4.78 is 86.2. The minimum absolute atomic E-state index is 0.0615. The highest BCUT2D eigenvalue weighted by Crippen LogP contribution is 2.31. The average Bonchev–Trinajstić information content (AvgIpc) is 3.56. The van der Waals surface area contributed by atoms with Crippen LogP contribution in [0.1, 0.15) is 24.0 Å². The van der Waals surface area contributed by atoms with Crippen LogP contribution in [0.3, 0.4) is 0 Å². The van der Waals surface area contributed by atoms with E-state index in [4.69, 9.17) is 4.42 Å². The Bertz CT molecular complexity index is 1710. The molecule has 0 aliphatic carbocycles. The molecule has 0 unspecified atom stereocenters. The van der Waals surface area contributed by atoms with Gasteiger partial charge in [0.1, 0.15) is 17.4 Å². The van der Waals surface area contributed by atoms with E-state index in [0.717, 1.165) is 33.1 Å². The van der Waals surface area contributed by atoms with Crippen LogP contribution < -0.4 is 10.9 Å². The monoisotopic (exact) mass is 563 g/mol. The molecule has 1 saturated heterocycles. The molecule has 4 aromatic rings. The molecular formula is C26H21F4N3O5S. The van der Waals surface area contributed by atoms with Crippen LogP contribution in [-0.2, 0) is 27.5 Å². The summed E-state index contributed by atoms with van der Waals surface area (Å²) in [5, 5.41) is 2.54. The van der Waals surface area contributed by atoms with Crippen molar-refractivity contribution < 1.29 is 35.2 Å². The first-order valence-corrected chi connectivity index (χ1v) is 13.3. The maximum atomic E-state index is 13.5. The van der Waals surface area contributed by atoms with Gasteiger partial charge in [0.05, 0.1) is 5.56 Å². The van der Waals surface area contributed by atoms with Crippen molar-refractivity contribution in [3.8, 4) is 5.69 Å². The normalized spacial score (nSPS) is 16.6. The lowest BCUT2D eigenvalue weighted by molar-refractivity contribution is -0.137. The molecule has 13 heteroatoms. The van der Waals surface area contributed by atoms with Crippen molar-refractivity contribution in [2.75, 3.05) is 6.54 Å². The zero-order valence-corrected chi connectivity index (χ0v) is 20.9. The van der Waals surface area contributed by atoms with E-state index in [1.807, 2.05) is 0 Å². The van der Waals surface area contributed by atoms with Crippen LogP contribution in [0.2, 0.25) is 0 Å². The number of nitrogens with one attached hydrogen (secondary N) is 1. The highest BCUT2D eigenvalue weighted by molar-refractivity contribution is 7.89. The Morgan fingerprint density at radius 3 is 2.51 bits per heavy atom. The van der Waals surface area contributed by atoms with Gasteiger partial charge >= 0.3 is 6.18 Å². The first kappa shape index (κ1) is 26.6. The molecule has 1 aliphatic rings. The highest BCUT2D eigenvalue weighted by atomic mass is 32.2. The maximum absolute atomic E-state index is 13.5.